The van der Waals surface area contributed by atoms with Gasteiger partial charge in [0.05, 0.1) is 7.11 Å². The van der Waals surface area contributed by atoms with Crippen molar-refractivity contribution < 1.29 is 18.6 Å². The number of hydrogen-bond donors (Lipinski definition) is 0. The van der Waals surface area contributed by atoms with Crippen LogP contribution in [0.2, 0.25) is 0 Å². The molecule has 6 nitrogen and oxygen atoms in total. The van der Waals surface area contributed by atoms with E-state index in [4.69, 9.17) is 30.4 Å². The van der Waals surface area contributed by atoms with Crippen LogP contribution in [-0.4, -0.2) is 17.1 Å². The van der Waals surface area contributed by atoms with Gasteiger partial charge >= 0.3 is 6.72 Å². The van der Waals surface area contributed by atoms with Gasteiger partial charge in [-0.25, -0.2) is 9.87 Å². The quantitative estimate of drug-likeness (QED) is 0.219. The maximum Gasteiger partial charge on any atom is 0.410 e. The van der Waals surface area contributed by atoms with Gasteiger partial charge in [0.2, 0.25) is 5.88 Å². The van der Waals surface area contributed by atoms with Gasteiger partial charge in [-0.05, 0) is 25.0 Å². The summed E-state index contributed by atoms with van der Waals surface area (Å²) >= 11 is 5.74. The number of aromatic nitrogens is 2. The zero-order valence-electron chi connectivity index (χ0n) is 18.3. The molecule has 0 aliphatic carbocycles. The van der Waals surface area contributed by atoms with E-state index in [0.29, 0.717) is 11.7 Å². The zero-order valence-corrected chi connectivity index (χ0v) is 20.0. The molecule has 8 heteroatoms. The van der Waals surface area contributed by atoms with Crippen molar-refractivity contribution in [3.63, 3.8) is 0 Å². The standard InChI is InChI=1S/C23H27N2O4PS/c1-17(2)22-24-18(3)16-21(25-22)27-30(31,29-26-5)28-23(4,19-12-8-6-9-13-19)20-14-10-7-11-15-20/h6-17H,1-5H3. The predicted octanol–water partition coefficient (Wildman–Crippen LogP) is 6.07. The second-order valence-electron chi connectivity index (χ2n) is 7.50. The molecule has 3 rings (SSSR count). The van der Waals surface area contributed by atoms with Crippen molar-refractivity contribution in [3.05, 3.63) is 89.4 Å². The number of benzene rings is 2. The molecule has 0 aliphatic rings. The third-order valence-electron chi connectivity index (χ3n) is 4.68. The van der Waals surface area contributed by atoms with E-state index in [-0.39, 0.29) is 5.92 Å². The van der Waals surface area contributed by atoms with Gasteiger partial charge in [0, 0.05) is 29.5 Å². The normalized spacial score (nSPS) is 13.7. The second-order valence-corrected chi connectivity index (χ2v) is 10.2. The number of hydrogen-bond acceptors (Lipinski definition) is 7. The molecule has 3 aromatic rings. The Labute approximate surface area is 188 Å². The fourth-order valence-electron chi connectivity index (χ4n) is 3.13. The van der Waals surface area contributed by atoms with Gasteiger partial charge in [0.25, 0.3) is 0 Å². The highest BCUT2D eigenvalue weighted by Crippen LogP contribution is 2.56. The van der Waals surface area contributed by atoms with E-state index in [9.17, 15) is 0 Å². The largest absolute Gasteiger partial charge is 0.410 e. The molecule has 1 heterocycles. The fraction of sp³-hybridized carbons (Fsp3) is 0.304. The smallest absolute Gasteiger partial charge is 0.404 e. The number of aryl methyl sites for hydroxylation is 1. The summed E-state index contributed by atoms with van der Waals surface area (Å²) in [5, 5.41) is 0. The Kier molecular flexibility index (Phi) is 7.57. The molecule has 0 fully saturated rings. The van der Waals surface area contributed by atoms with Gasteiger partial charge < -0.3 is 4.52 Å². The Morgan fingerprint density at radius 3 is 1.97 bits per heavy atom. The van der Waals surface area contributed by atoms with Crippen LogP contribution in [0.15, 0.2) is 66.7 Å². The Morgan fingerprint density at radius 2 is 1.48 bits per heavy atom. The summed E-state index contributed by atoms with van der Waals surface area (Å²) in [6, 6.07) is 21.3. The van der Waals surface area contributed by atoms with Gasteiger partial charge in [-0.1, -0.05) is 74.5 Å². The van der Waals surface area contributed by atoms with E-state index >= 15 is 0 Å². The summed E-state index contributed by atoms with van der Waals surface area (Å²) in [6.07, 6.45) is 0. The van der Waals surface area contributed by atoms with Crippen LogP contribution in [0.3, 0.4) is 0 Å². The highest BCUT2D eigenvalue weighted by molar-refractivity contribution is 8.07. The molecule has 0 aliphatic heterocycles. The lowest BCUT2D eigenvalue weighted by atomic mass is 9.88. The second kappa shape index (κ2) is 9.98. The summed E-state index contributed by atoms with van der Waals surface area (Å²) in [4.78, 5) is 13.9. The SMILES string of the molecule is COOP(=S)(Oc1cc(C)nc(C(C)C)n1)OC(C)(c1ccccc1)c1ccccc1. The molecule has 0 bridgehead atoms. The van der Waals surface area contributed by atoms with Crippen molar-refractivity contribution in [3.8, 4) is 5.88 Å². The van der Waals surface area contributed by atoms with Crippen molar-refractivity contribution in [1.29, 1.82) is 0 Å². The Hall–Kier alpha value is -2.15. The highest BCUT2D eigenvalue weighted by Gasteiger charge is 2.40. The molecule has 0 amide bonds. The van der Waals surface area contributed by atoms with Gasteiger partial charge in [-0.15, -0.1) is 4.67 Å². The molecule has 0 saturated heterocycles. The van der Waals surface area contributed by atoms with Gasteiger partial charge in [0.1, 0.15) is 11.4 Å². The average molecular weight is 459 g/mol. The van der Waals surface area contributed by atoms with Crippen LogP contribution < -0.4 is 4.52 Å². The maximum atomic E-state index is 6.48. The molecule has 0 spiro atoms. The number of nitrogens with zero attached hydrogens (tertiary/aromatic N) is 2. The molecular formula is C23H27N2O4PS. The summed E-state index contributed by atoms with van der Waals surface area (Å²) in [5.41, 5.74) is 1.63. The maximum absolute atomic E-state index is 6.48. The van der Waals surface area contributed by atoms with Crippen molar-refractivity contribution >= 4 is 18.5 Å². The molecule has 1 atom stereocenters. The van der Waals surface area contributed by atoms with Crippen LogP contribution in [0.1, 0.15) is 49.3 Å². The van der Waals surface area contributed by atoms with Crippen LogP contribution >= 0.6 is 6.72 Å². The van der Waals surface area contributed by atoms with Crippen molar-refractivity contribution in [1.82, 2.24) is 9.97 Å². The first kappa shape index (κ1) is 23.5. The van der Waals surface area contributed by atoms with E-state index in [1.165, 1.54) is 7.11 Å². The lowest BCUT2D eigenvalue weighted by Crippen LogP contribution is -2.27. The molecule has 0 saturated carbocycles. The topological polar surface area (TPSA) is 62.7 Å². The van der Waals surface area contributed by atoms with Crippen LogP contribution in [0.5, 0.6) is 5.88 Å². The predicted molar refractivity (Wildman–Crippen MR) is 124 cm³/mol. The van der Waals surface area contributed by atoms with Crippen LogP contribution in [-0.2, 0) is 31.5 Å². The van der Waals surface area contributed by atoms with E-state index in [1.807, 2.05) is 88.4 Å². The molecule has 164 valence electrons. The van der Waals surface area contributed by atoms with Gasteiger partial charge in [-0.2, -0.15) is 4.98 Å². The first-order valence-electron chi connectivity index (χ1n) is 9.95. The molecule has 0 N–H and O–H groups in total. The average Bonchev–Trinajstić information content (AvgIpc) is 2.74. The van der Waals surface area contributed by atoms with Crippen molar-refractivity contribution in [2.24, 2.45) is 0 Å². The Balaban J connectivity index is 2.04. The minimum absolute atomic E-state index is 0.128. The monoisotopic (exact) mass is 458 g/mol. The first-order chi connectivity index (χ1) is 14.8. The van der Waals surface area contributed by atoms with Gasteiger partial charge in [0.15, 0.2) is 0 Å². The van der Waals surface area contributed by atoms with Crippen molar-refractivity contribution in [2.45, 2.75) is 39.2 Å². The van der Waals surface area contributed by atoms with E-state index in [0.717, 1.165) is 16.8 Å². The third kappa shape index (κ3) is 5.76. The summed E-state index contributed by atoms with van der Waals surface area (Å²) < 4.78 is 18.0. The summed E-state index contributed by atoms with van der Waals surface area (Å²) in [5.74, 6) is 1.08. The van der Waals surface area contributed by atoms with Crippen LogP contribution in [0.25, 0.3) is 0 Å². The minimum Gasteiger partial charge on any atom is -0.404 e. The van der Waals surface area contributed by atoms with Crippen LogP contribution in [0.4, 0.5) is 0 Å². The van der Waals surface area contributed by atoms with E-state index < -0.39 is 12.3 Å². The summed E-state index contributed by atoms with van der Waals surface area (Å²) in [7, 11) is 1.38. The van der Waals surface area contributed by atoms with E-state index in [2.05, 4.69) is 9.97 Å². The molecule has 1 unspecified atom stereocenters. The summed E-state index contributed by atoms with van der Waals surface area (Å²) in [6.45, 7) is 4.39. The molecule has 31 heavy (non-hydrogen) atoms. The minimum atomic E-state index is -3.44. The molecule has 2 aromatic carbocycles. The highest BCUT2D eigenvalue weighted by atomic mass is 32.5. The zero-order chi connectivity index (χ0) is 22.5. The first-order valence-corrected chi connectivity index (χ1v) is 12.5. The Bertz CT molecular complexity index is 1010. The lowest BCUT2D eigenvalue weighted by Gasteiger charge is -2.34. The fourth-order valence-corrected chi connectivity index (χ4v) is 5.25. The van der Waals surface area contributed by atoms with Crippen LogP contribution in [0, 0.1) is 6.92 Å². The third-order valence-corrected chi connectivity index (χ3v) is 6.64. The Morgan fingerprint density at radius 1 is 0.935 bits per heavy atom. The lowest BCUT2D eigenvalue weighted by molar-refractivity contribution is -0.192. The molecule has 0 radical (unpaired) electrons. The number of rotatable bonds is 9. The molecular weight excluding hydrogens is 431 g/mol. The van der Waals surface area contributed by atoms with Crippen molar-refractivity contribution in [2.75, 3.05) is 7.11 Å². The van der Waals surface area contributed by atoms with Gasteiger partial charge in [-0.3, -0.25) is 4.52 Å². The van der Waals surface area contributed by atoms with E-state index in [1.54, 1.807) is 6.07 Å². The molecule has 1 aromatic heterocycles.